The molecular weight excluding hydrogens is 400 g/mol. The summed E-state index contributed by atoms with van der Waals surface area (Å²) >= 11 is 0. The van der Waals surface area contributed by atoms with Gasteiger partial charge in [0.15, 0.2) is 5.78 Å². The zero-order valence-corrected chi connectivity index (χ0v) is 18.4. The first kappa shape index (κ1) is 20.3. The van der Waals surface area contributed by atoms with E-state index >= 15 is 0 Å². The Morgan fingerprint density at radius 1 is 0.969 bits per heavy atom. The first-order valence-electron chi connectivity index (χ1n) is 11.0. The van der Waals surface area contributed by atoms with E-state index in [1.807, 2.05) is 83.2 Å². The summed E-state index contributed by atoms with van der Waals surface area (Å²) in [6, 6.07) is 21.6. The molecule has 2 heterocycles. The van der Waals surface area contributed by atoms with Gasteiger partial charge in [-0.3, -0.25) is 9.59 Å². The van der Waals surface area contributed by atoms with Gasteiger partial charge in [0.1, 0.15) is 11.4 Å². The van der Waals surface area contributed by atoms with Crippen molar-refractivity contribution in [3.63, 3.8) is 0 Å². The van der Waals surface area contributed by atoms with Crippen LogP contribution >= 0.6 is 0 Å². The number of amides is 1. The third-order valence-electron chi connectivity index (χ3n) is 6.61. The van der Waals surface area contributed by atoms with Crippen LogP contribution in [0.4, 0.5) is 0 Å². The van der Waals surface area contributed by atoms with Crippen molar-refractivity contribution in [2.24, 2.45) is 13.0 Å². The van der Waals surface area contributed by atoms with Crippen molar-refractivity contribution in [3.05, 3.63) is 78.0 Å². The molecule has 0 N–H and O–H groups in total. The molecule has 5 rings (SSSR count). The van der Waals surface area contributed by atoms with E-state index in [0.29, 0.717) is 18.8 Å². The normalized spacial score (nSPS) is 16.4. The second-order valence-corrected chi connectivity index (χ2v) is 8.49. The summed E-state index contributed by atoms with van der Waals surface area (Å²) in [6.07, 6.45) is 1.63. The Balaban J connectivity index is 1.41. The first-order chi connectivity index (χ1) is 15.6. The van der Waals surface area contributed by atoms with E-state index < -0.39 is 0 Å². The molecular formula is C27H26N2O3. The second kappa shape index (κ2) is 8.15. The molecule has 5 nitrogen and oxygen atoms in total. The fourth-order valence-corrected chi connectivity index (χ4v) is 4.84. The van der Waals surface area contributed by atoms with Crippen LogP contribution in [0.2, 0.25) is 0 Å². The molecule has 1 saturated heterocycles. The summed E-state index contributed by atoms with van der Waals surface area (Å²) in [5, 5.41) is 3.04. The summed E-state index contributed by atoms with van der Waals surface area (Å²) in [5.41, 5.74) is 2.33. The number of aromatic nitrogens is 1. The second-order valence-electron chi connectivity index (χ2n) is 8.49. The lowest BCUT2D eigenvalue weighted by Gasteiger charge is -2.32. The van der Waals surface area contributed by atoms with Gasteiger partial charge in [-0.2, -0.15) is 0 Å². The molecule has 1 aliphatic heterocycles. The van der Waals surface area contributed by atoms with Crippen LogP contribution in [0.15, 0.2) is 66.7 Å². The van der Waals surface area contributed by atoms with Crippen molar-refractivity contribution in [1.29, 1.82) is 0 Å². The highest BCUT2D eigenvalue weighted by molar-refractivity contribution is 6.09. The largest absolute Gasteiger partial charge is 0.497 e. The smallest absolute Gasteiger partial charge is 0.270 e. The van der Waals surface area contributed by atoms with Crippen molar-refractivity contribution in [2.45, 2.75) is 12.8 Å². The average Bonchev–Trinajstić information content (AvgIpc) is 3.18. The van der Waals surface area contributed by atoms with Crippen molar-refractivity contribution >= 4 is 33.4 Å². The minimum absolute atomic E-state index is 0.0295. The molecule has 3 aromatic carbocycles. The number of nitrogens with zero attached hydrogens (tertiary/aromatic N) is 2. The SMILES string of the molecule is COc1ccc2cc(C(=O)N3CCC[C@@H](C(=O)c4cccc5ccccc45)C3)n(C)c2c1. The molecule has 4 aromatic rings. The Bertz CT molecular complexity index is 1330. The zero-order valence-electron chi connectivity index (χ0n) is 18.4. The maximum absolute atomic E-state index is 13.4. The van der Waals surface area contributed by atoms with Gasteiger partial charge in [0.25, 0.3) is 5.91 Å². The lowest BCUT2D eigenvalue weighted by Crippen LogP contribution is -2.42. The fraction of sp³-hybridized carbons (Fsp3) is 0.259. The van der Waals surface area contributed by atoms with Gasteiger partial charge in [-0.1, -0.05) is 42.5 Å². The number of likely N-dealkylation sites (tertiary alicyclic amines) is 1. The molecule has 0 saturated carbocycles. The van der Waals surface area contributed by atoms with Gasteiger partial charge in [0, 0.05) is 43.1 Å². The first-order valence-corrected chi connectivity index (χ1v) is 11.0. The van der Waals surface area contributed by atoms with Crippen LogP contribution in [-0.2, 0) is 7.05 Å². The van der Waals surface area contributed by atoms with Gasteiger partial charge in [-0.25, -0.2) is 0 Å². The molecule has 0 bridgehead atoms. The van der Waals surface area contributed by atoms with E-state index in [-0.39, 0.29) is 17.6 Å². The van der Waals surface area contributed by atoms with Crippen molar-refractivity contribution < 1.29 is 14.3 Å². The monoisotopic (exact) mass is 426 g/mol. The lowest BCUT2D eigenvalue weighted by atomic mass is 9.88. The third kappa shape index (κ3) is 3.44. The minimum atomic E-state index is -0.187. The van der Waals surface area contributed by atoms with E-state index in [2.05, 4.69) is 0 Å². The molecule has 0 radical (unpaired) electrons. The molecule has 0 unspecified atom stereocenters. The summed E-state index contributed by atoms with van der Waals surface area (Å²) < 4.78 is 7.24. The van der Waals surface area contributed by atoms with Gasteiger partial charge >= 0.3 is 0 Å². The number of carbonyl (C=O) groups excluding carboxylic acids is 2. The lowest BCUT2D eigenvalue weighted by molar-refractivity contribution is 0.0630. The van der Waals surface area contributed by atoms with Crippen LogP contribution in [0, 0.1) is 5.92 Å². The average molecular weight is 427 g/mol. The molecule has 1 fully saturated rings. The van der Waals surface area contributed by atoms with Crippen LogP contribution < -0.4 is 4.74 Å². The van der Waals surface area contributed by atoms with Crippen molar-refractivity contribution in [3.8, 4) is 5.75 Å². The van der Waals surface area contributed by atoms with E-state index in [4.69, 9.17) is 4.74 Å². The van der Waals surface area contributed by atoms with E-state index in [1.165, 1.54) is 0 Å². The molecule has 32 heavy (non-hydrogen) atoms. The number of hydrogen-bond donors (Lipinski definition) is 0. The molecule has 5 heteroatoms. The fourth-order valence-electron chi connectivity index (χ4n) is 4.84. The Kier molecular flexibility index (Phi) is 5.17. The summed E-state index contributed by atoms with van der Waals surface area (Å²) in [7, 11) is 3.54. The number of carbonyl (C=O) groups is 2. The number of ether oxygens (including phenoxy) is 1. The maximum atomic E-state index is 13.4. The predicted molar refractivity (Wildman–Crippen MR) is 126 cm³/mol. The number of benzene rings is 3. The topological polar surface area (TPSA) is 51.5 Å². The van der Waals surface area contributed by atoms with Gasteiger partial charge in [-0.05, 0) is 41.8 Å². The van der Waals surface area contributed by atoms with Crippen LogP contribution in [0.25, 0.3) is 21.7 Å². The van der Waals surface area contributed by atoms with E-state index in [0.717, 1.165) is 45.8 Å². The van der Waals surface area contributed by atoms with Crippen LogP contribution in [0.5, 0.6) is 5.75 Å². The molecule has 1 atom stereocenters. The summed E-state index contributed by atoms with van der Waals surface area (Å²) in [6.45, 7) is 1.12. The van der Waals surface area contributed by atoms with Crippen LogP contribution in [0.3, 0.4) is 0 Å². The number of hydrogen-bond acceptors (Lipinski definition) is 3. The van der Waals surface area contributed by atoms with E-state index in [9.17, 15) is 9.59 Å². The van der Waals surface area contributed by atoms with Crippen molar-refractivity contribution in [2.75, 3.05) is 20.2 Å². The zero-order chi connectivity index (χ0) is 22.2. The summed E-state index contributed by atoms with van der Waals surface area (Å²) in [5.74, 6) is 0.670. The van der Waals surface area contributed by atoms with Gasteiger partial charge in [0.05, 0.1) is 12.6 Å². The highest BCUT2D eigenvalue weighted by atomic mass is 16.5. The quantitative estimate of drug-likeness (QED) is 0.428. The highest BCUT2D eigenvalue weighted by Gasteiger charge is 2.31. The molecule has 1 amide bonds. The number of aryl methyl sites for hydroxylation is 1. The number of rotatable bonds is 4. The number of methoxy groups -OCH3 is 1. The molecule has 0 aliphatic carbocycles. The standard InChI is InChI=1S/C27H26N2O3/c1-28-24-16-21(32-2)13-12-19(24)15-25(28)27(31)29-14-6-9-20(17-29)26(30)23-11-5-8-18-7-3-4-10-22(18)23/h3-5,7-8,10-13,15-16,20H,6,9,14,17H2,1-2H3/t20-/m1/s1. The van der Waals surface area contributed by atoms with Crippen LogP contribution in [0.1, 0.15) is 33.7 Å². The molecule has 0 spiro atoms. The number of piperidine rings is 1. The third-order valence-corrected chi connectivity index (χ3v) is 6.61. The Morgan fingerprint density at radius 2 is 1.78 bits per heavy atom. The highest BCUT2D eigenvalue weighted by Crippen LogP contribution is 2.28. The Hall–Kier alpha value is -3.60. The number of fused-ring (bicyclic) bond motifs is 2. The predicted octanol–water partition coefficient (Wildman–Crippen LogP) is 5.08. The van der Waals surface area contributed by atoms with Crippen molar-refractivity contribution in [1.82, 2.24) is 9.47 Å². The molecule has 1 aliphatic rings. The molecule has 162 valence electrons. The van der Waals surface area contributed by atoms with Gasteiger partial charge in [0.2, 0.25) is 0 Å². The van der Waals surface area contributed by atoms with Crippen LogP contribution in [-0.4, -0.2) is 41.4 Å². The molecule has 1 aromatic heterocycles. The summed E-state index contributed by atoms with van der Waals surface area (Å²) in [4.78, 5) is 28.7. The van der Waals surface area contributed by atoms with Gasteiger partial charge in [-0.15, -0.1) is 0 Å². The van der Waals surface area contributed by atoms with E-state index in [1.54, 1.807) is 7.11 Å². The number of Topliss-reactive ketones (excluding diaryl/α,β-unsaturated/α-hetero) is 1. The van der Waals surface area contributed by atoms with Gasteiger partial charge < -0.3 is 14.2 Å². The Labute approximate surface area is 187 Å². The maximum Gasteiger partial charge on any atom is 0.270 e. The minimum Gasteiger partial charge on any atom is -0.497 e. The Morgan fingerprint density at radius 3 is 2.62 bits per heavy atom. The number of ketones is 1.